The van der Waals surface area contributed by atoms with Crippen molar-refractivity contribution in [1.29, 1.82) is 0 Å². The summed E-state index contributed by atoms with van der Waals surface area (Å²) in [4.78, 5) is 28.1. The van der Waals surface area contributed by atoms with Gasteiger partial charge in [-0.3, -0.25) is 14.3 Å². The van der Waals surface area contributed by atoms with Crippen molar-refractivity contribution in [3.63, 3.8) is 0 Å². The third kappa shape index (κ3) is 5.02. The molecule has 0 spiro atoms. The zero-order valence-electron chi connectivity index (χ0n) is 14.2. The minimum Gasteiger partial charge on any atom is -0.395 e. The fraction of sp³-hybridized carbons (Fsp3) is 0.176. The molecule has 27 heavy (non-hydrogen) atoms. The van der Waals surface area contributed by atoms with Crippen LogP contribution >= 0.6 is 15.9 Å². The Morgan fingerprint density at radius 2 is 1.96 bits per heavy atom. The van der Waals surface area contributed by atoms with Gasteiger partial charge >= 0.3 is 0 Å². The van der Waals surface area contributed by atoms with E-state index in [0.717, 1.165) is 10.2 Å². The molecule has 9 nitrogen and oxygen atoms in total. The Labute approximate surface area is 163 Å². The summed E-state index contributed by atoms with van der Waals surface area (Å²) >= 11 is 3.38. The van der Waals surface area contributed by atoms with E-state index in [9.17, 15) is 9.59 Å². The second-order valence-electron chi connectivity index (χ2n) is 5.60. The number of carbonyl (C=O) groups excluding carboxylic acids is 2. The van der Waals surface area contributed by atoms with Crippen LogP contribution in [0.5, 0.6) is 0 Å². The molecule has 0 aliphatic heterocycles. The first-order valence-corrected chi connectivity index (χ1v) is 8.86. The van der Waals surface area contributed by atoms with Gasteiger partial charge in [0.25, 0.3) is 5.91 Å². The van der Waals surface area contributed by atoms with Gasteiger partial charge in [-0.2, -0.15) is 5.10 Å². The summed E-state index contributed by atoms with van der Waals surface area (Å²) in [6.07, 6.45) is 6.18. The highest BCUT2D eigenvalue weighted by atomic mass is 79.9. The predicted molar refractivity (Wildman–Crippen MR) is 102 cm³/mol. The van der Waals surface area contributed by atoms with Crippen molar-refractivity contribution >= 4 is 33.4 Å². The number of carbonyl (C=O) groups is 2. The first kappa shape index (κ1) is 18.8. The Kier molecular flexibility index (Phi) is 5.99. The standard InChI is InChI=1S/C17H17BrN6O3/c18-12-1-3-14(4-2-12)23-9-15(20-11-23)17(27)22-13-7-21-24(8-13)10-16(26)19-5-6-25/h1-4,7-9,11,25H,5-6,10H2,(H,19,26)(H,22,27). The molecule has 2 aromatic heterocycles. The number of nitrogens with zero attached hydrogens (tertiary/aromatic N) is 4. The fourth-order valence-electron chi connectivity index (χ4n) is 2.30. The Balaban J connectivity index is 1.61. The Morgan fingerprint density at radius 1 is 1.19 bits per heavy atom. The van der Waals surface area contributed by atoms with Gasteiger partial charge < -0.3 is 20.3 Å². The number of benzene rings is 1. The molecule has 2 amide bonds. The highest BCUT2D eigenvalue weighted by Gasteiger charge is 2.12. The second kappa shape index (κ2) is 8.60. The number of anilines is 1. The van der Waals surface area contributed by atoms with Gasteiger partial charge in [-0.05, 0) is 24.3 Å². The van der Waals surface area contributed by atoms with E-state index in [0.29, 0.717) is 5.69 Å². The lowest BCUT2D eigenvalue weighted by Crippen LogP contribution is -2.30. The Morgan fingerprint density at radius 3 is 2.70 bits per heavy atom. The maximum atomic E-state index is 12.3. The largest absolute Gasteiger partial charge is 0.395 e. The number of amides is 2. The monoisotopic (exact) mass is 432 g/mol. The van der Waals surface area contributed by atoms with Crippen LogP contribution in [0.25, 0.3) is 5.69 Å². The number of hydrogen-bond donors (Lipinski definition) is 3. The minimum atomic E-state index is -0.379. The van der Waals surface area contributed by atoms with Crippen LogP contribution in [0, 0.1) is 0 Å². The molecule has 0 aliphatic carbocycles. The zero-order chi connectivity index (χ0) is 19.2. The van der Waals surface area contributed by atoms with Gasteiger partial charge in [0, 0.05) is 29.1 Å². The molecule has 10 heteroatoms. The molecule has 0 radical (unpaired) electrons. The second-order valence-corrected chi connectivity index (χ2v) is 6.51. The molecule has 0 saturated heterocycles. The summed E-state index contributed by atoms with van der Waals surface area (Å²) < 4.78 is 4.10. The van der Waals surface area contributed by atoms with Crippen molar-refractivity contribution in [2.75, 3.05) is 18.5 Å². The van der Waals surface area contributed by atoms with Crippen LogP contribution < -0.4 is 10.6 Å². The summed E-state index contributed by atoms with van der Waals surface area (Å²) in [5.41, 5.74) is 1.59. The maximum absolute atomic E-state index is 12.3. The molecule has 3 N–H and O–H groups in total. The highest BCUT2D eigenvalue weighted by Crippen LogP contribution is 2.15. The molecule has 0 aliphatic rings. The number of aliphatic hydroxyl groups is 1. The van der Waals surface area contributed by atoms with E-state index in [-0.39, 0.29) is 37.2 Å². The van der Waals surface area contributed by atoms with Crippen molar-refractivity contribution in [1.82, 2.24) is 24.6 Å². The maximum Gasteiger partial charge on any atom is 0.275 e. The number of aromatic nitrogens is 4. The van der Waals surface area contributed by atoms with Crippen molar-refractivity contribution in [3.8, 4) is 5.69 Å². The molecule has 0 bridgehead atoms. The van der Waals surface area contributed by atoms with Gasteiger partial charge in [0.1, 0.15) is 18.6 Å². The van der Waals surface area contributed by atoms with Gasteiger partial charge in [-0.1, -0.05) is 15.9 Å². The van der Waals surface area contributed by atoms with Crippen LogP contribution in [-0.2, 0) is 11.3 Å². The molecule has 1 aromatic carbocycles. The summed E-state index contributed by atoms with van der Waals surface area (Å²) in [6.45, 7) is 0.0534. The van der Waals surface area contributed by atoms with Gasteiger partial charge in [0.05, 0.1) is 18.5 Å². The first-order valence-electron chi connectivity index (χ1n) is 8.06. The quantitative estimate of drug-likeness (QED) is 0.518. The molecule has 3 aromatic rings. The van der Waals surface area contributed by atoms with Crippen LogP contribution in [0.4, 0.5) is 5.69 Å². The molecule has 0 atom stereocenters. The van der Waals surface area contributed by atoms with Crippen molar-refractivity contribution in [2.24, 2.45) is 0 Å². The third-order valence-corrected chi connectivity index (χ3v) is 4.10. The summed E-state index contributed by atoms with van der Waals surface area (Å²) in [6, 6.07) is 7.61. The average molecular weight is 433 g/mol. The molecular weight excluding hydrogens is 416 g/mol. The van der Waals surface area contributed by atoms with E-state index in [1.807, 2.05) is 24.3 Å². The normalized spacial score (nSPS) is 10.6. The first-order chi connectivity index (χ1) is 13.0. The Bertz CT molecular complexity index is 934. The summed E-state index contributed by atoms with van der Waals surface area (Å²) in [5.74, 6) is -0.659. The number of hydrogen-bond acceptors (Lipinski definition) is 5. The molecule has 3 rings (SSSR count). The van der Waals surface area contributed by atoms with Crippen LogP contribution in [0.2, 0.25) is 0 Å². The Hall–Kier alpha value is -2.98. The van der Waals surface area contributed by atoms with Gasteiger partial charge in [-0.15, -0.1) is 0 Å². The molecule has 140 valence electrons. The summed E-state index contributed by atoms with van der Waals surface area (Å²) in [5, 5.41) is 17.9. The minimum absolute atomic E-state index is 0.00589. The number of imidazole rings is 1. The average Bonchev–Trinajstić information content (AvgIpc) is 3.30. The van der Waals surface area contributed by atoms with Gasteiger partial charge in [0.15, 0.2) is 0 Å². The molecule has 2 heterocycles. The van der Waals surface area contributed by atoms with Crippen LogP contribution in [0.15, 0.2) is 53.7 Å². The summed E-state index contributed by atoms with van der Waals surface area (Å²) in [7, 11) is 0. The molecular formula is C17H17BrN6O3. The third-order valence-electron chi connectivity index (χ3n) is 3.57. The van der Waals surface area contributed by atoms with E-state index < -0.39 is 0 Å². The van der Waals surface area contributed by atoms with Crippen molar-refractivity contribution < 1.29 is 14.7 Å². The highest BCUT2D eigenvalue weighted by molar-refractivity contribution is 9.10. The molecule has 0 unspecified atom stereocenters. The van der Waals surface area contributed by atoms with E-state index in [2.05, 4.69) is 36.6 Å². The van der Waals surface area contributed by atoms with E-state index in [1.54, 1.807) is 23.3 Å². The molecule has 0 fully saturated rings. The van der Waals surface area contributed by atoms with Crippen LogP contribution in [0.1, 0.15) is 10.5 Å². The number of rotatable bonds is 7. The number of aliphatic hydroxyl groups excluding tert-OH is 1. The predicted octanol–water partition coefficient (Wildman–Crippen LogP) is 1.19. The van der Waals surface area contributed by atoms with Crippen molar-refractivity contribution in [3.05, 3.63) is 59.3 Å². The lowest BCUT2D eigenvalue weighted by Gasteiger charge is -2.03. The number of halogens is 1. The molecule has 0 saturated carbocycles. The number of nitrogens with one attached hydrogen (secondary N) is 2. The lowest BCUT2D eigenvalue weighted by molar-refractivity contribution is -0.122. The smallest absolute Gasteiger partial charge is 0.275 e. The van der Waals surface area contributed by atoms with Gasteiger partial charge in [0.2, 0.25) is 5.91 Å². The van der Waals surface area contributed by atoms with Crippen molar-refractivity contribution in [2.45, 2.75) is 6.54 Å². The van der Waals surface area contributed by atoms with E-state index in [1.165, 1.54) is 10.9 Å². The lowest BCUT2D eigenvalue weighted by atomic mass is 10.3. The van der Waals surface area contributed by atoms with Crippen LogP contribution in [0.3, 0.4) is 0 Å². The topological polar surface area (TPSA) is 114 Å². The van der Waals surface area contributed by atoms with Gasteiger partial charge in [-0.25, -0.2) is 4.98 Å². The van der Waals surface area contributed by atoms with Crippen LogP contribution in [-0.4, -0.2) is 49.4 Å². The SMILES string of the molecule is O=C(Cn1cc(NC(=O)c2cn(-c3ccc(Br)cc3)cn2)cn1)NCCO. The van der Waals surface area contributed by atoms with E-state index >= 15 is 0 Å². The fourth-order valence-corrected chi connectivity index (χ4v) is 2.57. The zero-order valence-corrected chi connectivity index (χ0v) is 15.8. The van der Waals surface area contributed by atoms with E-state index in [4.69, 9.17) is 5.11 Å².